The van der Waals surface area contributed by atoms with E-state index in [-0.39, 0.29) is 17.9 Å². The molecule has 3 heteroatoms. The summed E-state index contributed by atoms with van der Waals surface area (Å²) in [5.74, 6) is 0. The number of rotatable bonds is 0. The summed E-state index contributed by atoms with van der Waals surface area (Å²) in [6.45, 7) is 1.44. The zero-order valence-corrected chi connectivity index (χ0v) is 3.71. The van der Waals surface area contributed by atoms with Gasteiger partial charge in [0.25, 0.3) is 0 Å². The molecule has 0 heterocycles. The lowest BCUT2D eigenvalue weighted by molar-refractivity contribution is -0.106. The van der Waals surface area contributed by atoms with Gasteiger partial charge in [-0.15, -0.1) is 12.4 Å². The Balaban J connectivity index is -0.0000000200. The third kappa shape index (κ3) is 2260. The zero-order chi connectivity index (χ0) is 2.71. The van der Waals surface area contributed by atoms with Gasteiger partial charge in [0.05, 0.1) is 0 Å². The quantitative estimate of drug-likeness (QED) is 0.387. The summed E-state index contributed by atoms with van der Waals surface area (Å²) in [6, 6.07) is 0. The first kappa shape index (κ1) is 20.5. The van der Waals surface area contributed by atoms with Crippen molar-refractivity contribution >= 4 is 18.7 Å². The standard InChI is InChI=1S/C2H4O.ClH.H2O/c1-2-3;;/h2H,1H3;1H;1H2. The minimum Gasteiger partial charge on any atom is -0.412 e. The van der Waals surface area contributed by atoms with Crippen LogP contribution in [-0.2, 0) is 4.79 Å². The first-order chi connectivity index (χ1) is 1.41. The third-order valence-electron chi connectivity index (χ3n) is 0. The van der Waals surface area contributed by atoms with Crippen LogP contribution in [0.2, 0.25) is 0 Å². The highest BCUT2D eigenvalue weighted by atomic mass is 35.5. The zero-order valence-electron chi connectivity index (χ0n) is 2.89. The summed E-state index contributed by atoms with van der Waals surface area (Å²) >= 11 is 0. The molecule has 0 aliphatic heterocycles. The predicted octanol–water partition coefficient (Wildman–Crippen LogP) is -0.198. The van der Waals surface area contributed by atoms with Crippen LogP contribution in [0.5, 0.6) is 0 Å². The lowest BCUT2D eigenvalue weighted by Gasteiger charge is -1.23. The molecule has 0 bridgehead atoms. The Labute approximate surface area is 36.9 Å². The lowest BCUT2D eigenvalue weighted by atomic mass is 11.0. The minimum atomic E-state index is 0. The molecule has 0 unspecified atom stereocenters. The Bertz CT molecular complexity index is 15.1. The van der Waals surface area contributed by atoms with Crippen molar-refractivity contribution in [2.45, 2.75) is 6.92 Å². The number of halogens is 1. The van der Waals surface area contributed by atoms with Gasteiger partial charge < -0.3 is 10.3 Å². The maximum atomic E-state index is 8.81. The number of carbonyl (C=O) groups excluding carboxylic acids is 1. The number of carbonyl (C=O) groups is 1. The van der Waals surface area contributed by atoms with E-state index in [4.69, 9.17) is 4.79 Å². The fourth-order valence-corrected chi connectivity index (χ4v) is 0. The van der Waals surface area contributed by atoms with Crippen molar-refractivity contribution in [3.8, 4) is 0 Å². The summed E-state index contributed by atoms with van der Waals surface area (Å²) in [7, 11) is 0. The Morgan fingerprint density at radius 2 is 1.60 bits per heavy atom. The van der Waals surface area contributed by atoms with Crippen molar-refractivity contribution in [2.75, 3.05) is 0 Å². The molecule has 5 heavy (non-hydrogen) atoms. The largest absolute Gasteiger partial charge is 0.412 e. The molecule has 0 radical (unpaired) electrons. The van der Waals surface area contributed by atoms with E-state index in [9.17, 15) is 0 Å². The Morgan fingerprint density at radius 3 is 1.60 bits per heavy atom. The monoisotopic (exact) mass is 98.0 g/mol. The van der Waals surface area contributed by atoms with Gasteiger partial charge in [0.15, 0.2) is 0 Å². The van der Waals surface area contributed by atoms with Gasteiger partial charge in [0.2, 0.25) is 0 Å². The van der Waals surface area contributed by atoms with Crippen LogP contribution in [-0.4, -0.2) is 11.8 Å². The number of aldehydes is 1. The van der Waals surface area contributed by atoms with Crippen LogP contribution in [0.15, 0.2) is 0 Å². The highest BCUT2D eigenvalue weighted by Gasteiger charge is 1.24. The fraction of sp³-hybridized carbons (Fsp3) is 0.500. The molecule has 0 rings (SSSR count). The van der Waals surface area contributed by atoms with Crippen molar-refractivity contribution in [1.82, 2.24) is 0 Å². The van der Waals surface area contributed by atoms with Crippen molar-refractivity contribution in [3.05, 3.63) is 0 Å². The summed E-state index contributed by atoms with van der Waals surface area (Å²) in [4.78, 5) is 8.81. The third-order valence-corrected chi connectivity index (χ3v) is 0. The van der Waals surface area contributed by atoms with Crippen LogP contribution in [0.4, 0.5) is 0 Å². The second kappa shape index (κ2) is 39.5. The van der Waals surface area contributed by atoms with E-state index >= 15 is 0 Å². The summed E-state index contributed by atoms with van der Waals surface area (Å²) in [5, 5.41) is 0. The van der Waals surface area contributed by atoms with E-state index in [0.29, 0.717) is 0 Å². The second-order valence-electron chi connectivity index (χ2n) is 0.236. The lowest BCUT2D eigenvalue weighted by Crippen LogP contribution is -1.36. The molecule has 0 aromatic rings. The molecule has 0 aliphatic rings. The van der Waals surface area contributed by atoms with Crippen molar-refractivity contribution in [1.29, 1.82) is 0 Å². The van der Waals surface area contributed by atoms with E-state index in [1.807, 2.05) is 0 Å². The first-order valence-corrected chi connectivity index (χ1v) is 0.813. The van der Waals surface area contributed by atoms with Crippen molar-refractivity contribution in [3.63, 3.8) is 0 Å². The minimum absolute atomic E-state index is 0. The van der Waals surface area contributed by atoms with E-state index in [1.54, 1.807) is 0 Å². The average molecular weight is 98.5 g/mol. The average Bonchev–Trinajstić information content (AvgIpc) is 0.918. The highest BCUT2D eigenvalue weighted by molar-refractivity contribution is 5.85. The summed E-state index contributed by atoms with van der Waals surface area (Å²) < 4.78 is 0. The molecule has 0 amide bonds. The van der Waals surface area contributed by atoms with Crippen LogP contribution in [0.25, 0.3) is 0 Å². The van der Waals surface area contributed by atoms with E-state index in [2.05, 4.69) is 0 Å². The first-order valence-electron chi connectivity index (χ1n) is 0.813. The molecule has 34 valence electrons. The molecule has 0 aromatic heterocycles. The van der Waals surface area contributed by atoms with E-state index < -0.39 is 0 Å². The molecular weight excluding hydrogens is 91.5 g/mol. The number of hydrogen-bond donors (Lipinski definition) is 0. The van der Waals surface area contributed by atoms with Crippen LogP contribution in [0.1, 0.15) is 6.92 Å². The predicted molar refractivity (Wildman–Crippen MR) is 22.6 cm³/mol. The molecule has 0 saturated carbocycles. The second-order valence-corrected chi connectivity index (χ2v) is 0.236. The van der Waals surface area contributed by atoms with Crippen LogP contribution < -0.4 is 0 Å². The SMILES string of the molecule is CC=O.Cl.O. The molecular formula is C2H7ClO2. The van der Waals surface area contributed by atoms with Gasteiger partial charge >= 0.3 is 0 Å². The molecule has 0 atom stereocenters. The molecule has 2 N–H and O–H groups in total. The Kier molecular flexibility index (Phi) is 162. The van der Waals surface area contributed by atoms with Crippen LogP contribution >= 0.6 is 12.4 Å². The molecule has 2 nitrogen and oxygen atoms in total. The Hall–Kier alpha value is -0.0800. The summed E-state index contributed by atoms with van der Waals surface area (Å²) in [5.41, 5.74) is 0. The van der Waals surface area contributed by atoms with Crippen molar-refractivity contribution in [2.24, 2.45) is 0 Å². The molecule has 0 aliphatic carbocycles. The number of hydrogen-bond acceptors (Lipinski definition) is 1. The Morgan fingerprint density at radius 1 is 1.60 bits per heavy atom. The normalized spacial score (nSPS) is 2.60. The summed E-state index contributed by atoms with van der Waals surface area (Å²) in [6.07, 6.45) is 0.750. The molecule has 0 saturated heterocycles. The van der Waals surface area contributed by atoms with Gasteiger partial charge in [0, 0.05) is 0 Å². The molecule has 0 fully saturated rings. The van der Waals surface area contributed by atoms with Gasteiger partial charge in [-0.2, -0.15) is 0 Å². The highest BCUT2D eigenvalue weighted by Crippen LogP contribution is 1.13. The molecule has 0 aromatic carbocycles. The smallest absolute Gasteiger partial charge is 0.116 e. The van der Waals surface area contributed by atoms with E-state index in [1.165, 1.54) is 6.92 Å². The maximum absolute atomic E-state index is 8.81. The van der Waals surface area contributed by atoms with Gasteiger partial charge in [-0.1, -0.05) is 0 Å². The van der Waals surface area contributed by atoms with Gasteiger partial charge in [-0.25, -0.2) is 0 Å². The van der Waals surface area contributed by atoms with Crippen LogP contribution in [0, 0.1) is 0 Å². The maximum Gasteiger partial charge on any atom is 0.116 e. The fourth-order valence-electron chi connectivity index (χ4n) is 0. The molecule has 0 spiro atoms. The van der Waals surface area contributed by atoms with Gasteiger partial charge in [-0.3, -0.25) is 0 Å². The van der Waals surface area contributed by atoms with E-state index in [0.717, 1.165) is 6.29 Å². The van der Waals surface area contributed by atoms with Gasteiger partial charge in [0.1, 0.15) is 6.29 Å². The topological polar surface area (TPSA) is 48.6 Å². The van der Waals surface area contributed by atoms with Crippen molar-refractivity contribution < 1.29 is 10.3 Å². The van der Waals surface area contributed by atoms with Gasteiger partial charge in [-0.05, 0) is 6.92 Å². The van der Waals surface area contributed by atoms with Crippen LogP contribution in [0.3, 0.4) is 0 Å².